The van der Waals surface area contributed by atoms with Crippen LogP contribution in [0, 0.1) is 0 Å². The Bertz CT molecular complexity index is 1530. The third kappa shape index (κ3) is 7.50. The molecule has 1 fully saturated rings. The molecular formula is C34H37N3O3S2. The maximum absolute atomic E-state index is 13.7. The summed E-state index contributed by atoms with van der Waals surface area (Å²) < 4.78 is 28.7. The van der Waals surface area contributed by atoms with Gasteiger partial charge < -0.3 is 10.2 Å². The topological polar surface area (TPSA) is 69.7 Å². The van der Waals surface area contributed by atoms with E-state index in [9.17, 15) is 13.2 Å². The van der Waals surface area contributed by atoms with E-state index in [4.69, 9.17) is 0 Å². The van der Waals surface area contributed by atoms with Crippen molar-refractivity contribution < 1.29 is 13.2 Å². The van der Waals surface area contributed by atoms with Gasteiger partial charge in [0.25, 0.3) is 0 Å². The van der Waals surface area contributed by atoms with Crippen LogP contribution in [0.3, 0.4) is 0 Å². The van der Waals surface area contributed by atoms with Crippen LogP contribution >= 0.6 is 11.8 Å². The molecule has 2 unspecified atom stereocenters. The Morgan fingerprint density at radius 3 is 2.12 bits per heavy atom. The summed E-state index contributed by atoms with van der Waals surface area (Å²) in [6.07, 6.45) is 1.67. The predicted molar refractivity (Wildman–Crippen MR) is 172 cm³/mol. The number of nitrogens with one attached hydrogen (secondary N) is 1. The van der Waals surface area contributed by atoms with Crippen molar-refractivity contribution in [3.8, 4) is 11.1 Å². The number of nitrogens with zero attached hydrogens (tertiary/aromatic N) is 2. The van der Waals surface area contributed by atoms with E-state index in [2.05, 4.69) is 41.5 Å². The summed E-state index contributed by atoms with van der Waals surface area (Å²) >= 11 is 1.37. The van der Waals surface area contributed by atoms with Crippen molar-refractivity contribution in [2.45, 2.75) is 29.2 Å². The van der Waals surface area contributed by atoms with Crippen LogP contribution in [0.25, 0.3) is 11.1 Å². The van der Waals surface area contributed by atoms with Gasteiger partial charge in [0.2, 0.25) is 15.9 Å². The predicted octanol–water partition coefficient (Wildman–Crippen LogP) is 5.84. The average Bonchev–Trinajstić information content (AvgIpc) is 3.55. The van der Waals surface area contributed by atoms with Gasteiger partial charge in [-0.2, -0.15) is 4.31 Å². The SMILES string of the molecule is CN(CCc1ccccc1)CCC(NC(=O)C1SCCN1S(=O)(=O)c1ccc(-c2ccccc2)cc1)c1ccccc1. The quantitative estimate of drug-likeness (QED) is 0.222. The lowest BCUT2D eigenvalue weighted by atomic mass is 10.0. The second-order valence-electron chi connectivity index (χ2n) is 10.5. The van der Waals surface area contributed by atoms with Gasteiger partial charge in [0.15, 0.2) is 0 Å². The fourth-order valence-corrected chi connectivity index (χ4v) is 8.25. The van der Waals surface area contributed by atoms with Crippen molar-refractivity contribution in [3.63, 3.8) is 0 Å². The van der Waals surface area contributed by atoms with Gasteiger partial charge in [0, 0.05) is 25.4 Å². The molecule has 0 radical (unpaired) electrons. The van der Waals surface area contributed by atoms with E-state index >= 15 is 0 Å². The van der Waals surface area contributed by atoms with Crippen molar-refractivity contribution in [2.24, 2.45) is 0 Å². The number of carbonyl (C=O) groups excluding carboxylic acids is 1. The molecule has 1 saturated heterocycles. The summed E-state index contributed by atoms with van der Waals surface area (Å²) in [7, 11) is -1.75. The number of rotatable bonds is 12. The highest BCUT2D eigenvalue weighted by Crippen LogP contribution is 2.32. The van der Waals surface area contributed by atoms with Crippen LogP contribution < -0.4 is 5.32 Å². The minimum absolute atomic E-state index is 0.196. The minimum Gasteiger partial charge on any atom is -0.347 e. The van der Waals surface area contributed by atoms with E-state index in [0.717, 1.165) is 36.2 Å². The highest BCUT2D eigenvalue weighted by atomic mass is 32.2. The summed E-state index contributed by atoms with van der Waals surface area (Å²) in [5.41, 5.74) is 4.27. The number of benzene rings is 4. The van der Waals surface area contributed by atoms with E-state index in [-0.39, 0.29) is 16.8 Å². The average molecular weight is 600 g/mol. The lowest BCUT2D eigenvalue weighted by Crippen LogP contribution is -2.46. The number of hydrogen-bond acceptors (Lipinski definition) is 5. The lowest BCUT2D eigenvalue weighted by Gasteiger charge is -2.27. The Morgan fingerprint density at radius 2 is 1.45 bits per heavy atom. The first-order chi connectivity index (χ1) is 20.4. The Balaban J connectivity index is 1.25. The molecule has 5 rings (SSSR count). The molecular weight excluding hydrogens is 563 g/mol. The first-order valence-electron chi connectivity index (χ1n) is 14.3. The Morgan fingerprint density at radius 1 is 0.857 bits per heavy atom. The van der Waals surface area contributed by atoms with Crippen LogP contribution in [0.1, 0.15) is 23.6 Å². The van der Waals surface area contributed by atoms with Gasteiger partial charge in [-0.05, 0) is 54.3 Å². The monoisotopic (exact) mass is 599 g/mol. The molecule has 0 aromatic heterocycles. The number of sulfonamides is 1. The molecule has 218 valence electrons. The van der Waals surface area contributed by atoms with Gasteiger partial charge in [-0.15, -0.1) is 11.8 Å². The van der Waals surface area contributed by atoms with Gasteiger partial charge in [0.1, 0.15) is 5.37 Å². The van der Waals surface area contributed by atoms with Crippen molar-refractivity contribution in [2.75, 3.05) is 32.4 Å². The second kappa shape index (κ2) is 14.2. The zero-order chi connectivity index (χ0) is 29.4. The van der Waals surface area contributed by atoms with Crippen LogP contribution in [-0.2, 0) is 21.2 Å². The van der Waals surface area contributed by atoms with Crippen molar-refractivity contribution in [1.82, 2.24) is 14.5 Å². The maximum atomic E-state index is 13.7. The van der Waals surface area contributed by atoms with E-state index in [1.807, 2.05) is 78.9 Å². The highest BCUT2D eigenvalue weighted by Gasteiger charge is 2.40. The molecule has 4 aromatic rings. The van der Waals surface area contributed by atoms with E-state index in [0.29, 0.717) is 18.7 Å². The summed E-state index contributed by atoms with van der Waals surface area (Å²) in [5.74, 6) is 0.292. The molecule has 8 heteroatoms. The molecule has 0 bridgehead atoms. The van der Waals surface area contributed by atoms with Gasteiger partial charge in [-0.25, -0.2) is 8.42 Å². The van der Waals surface area contributed by atoms with Crippen LogP contribution in [0.2, 0.25) is 0 Å². The van der Waals surface area contributed by atoms with E-state index < -0.39 is 15.4 Å². The fourth-order valence-electron chi connectivity index (χ4n) is 5.17. The maximum Gasteiger partial charge on any atom is 0.249 e. The van der Waals surface area contributed by atoms with Crippen molar-refractivity contribution in [1.29, 1.82) is 0 Å². The van der Waals surface area contributed by atoms with Crippen LogP contribution in [0.4, 0.5) is 0 Å². The van der Waals surface area contributed by atoms with Gasteiger partial charge >= 0.3 is 0 Å². The number of amides is 1. The smallest absolute Gasteiger partial charge is 0.249 e. The molecule has 2 atom stereocenters. The van der Waals surface area contributed by atoms with Crippen molar-refractivity contribution >= 4 is 27.7 Å². The first kappa shape index (κ1) is 30.0. The Kier molecular flexibility index (Phi) is 10.1. The number of carbonyl (C=O) groups is 1. The Labute approximate surface area is 253 Å². The lowest BCUT2D eigenvalue weighted by molar-refractivity contribution is -0.123. The summed E-state index contributed by atoms with van der Waals surface area (Å²) in [5, 5.41) is 2.38. The molecule has 0 aliphatic carbocycles. The van der Waals surface area contributed by atoms with Crippen LogP contribution in [0.5, 0.6) is 0 Å². The normalized spacial score (nSPS) is 16.4. The van der Waals surface area contributed by atoms with E-state index in [1.54, 1.807) is 12.1 Å². The molecule has 1 amide bonds. The van der Waals surface area contributed by atoms with Gasteiger partial charge in [-0.1, -0.05) is 103 Å². The fraction of sp³-hybridized carbons (Fsp3) is 0.265. The summed E-state index contributed by atoms with van der Waals surface area (Å²) in [6.45, 7) is 2.00. The van der Waals surface area contributed by atoms with Crippen LogP contribution in [0.15, 0.2) is 120 Å². The zero-order valence-corrected chi connectivity index (χ0v) is 25.4. The number of likely N-dealkylation sites (N-methyl/N-ethyl adjacent to an activating group) is 1. The zero-order valence-electron chi connectivity index (χ0n) is 23.8. The standard InChI is InChI=1S/C34H37N3O3S2/c1-36(23-21-27-11-5-2-6-12-27)24-22-32(30-15-9-4-10-16-30)35-33(38)34-37(25-26-41-34)42(39,40)31-19-17-29(18-20-31)28-13-7-3-8-14-28/h2-20,32,34H,21-26H2,1H3,(H,35,38). The molecule has 1 N–H and O–H groups in total. The summed E-state index contributed by atoms with van der Waals surface area (Å²) in [4.78, 5) is 16.1. The molecule has 1 aliphatic heterocycles. The van der Waals surface area contributed by atoms with Crippen LogP contribution in [-0.4, -0.2) is 61.3 Å². The molecule has 1 aliphatic rings. The molecule has 4 aromatic carbocycles. The van der Waals surface area contributed by atoms with Gasteiger partial charge in [-0.3, -0.25) is 4.79 Å². The van der Waals surface area contributed by atoms with Crippen molar-refractivity contribution in [3.05, 3.63) is 126 Å². The second-order valence-corrected chi connectivity index (χ2v) is 13.6. The van der Waals surface area contributed by atoms with E-state index in [1.165, 1.54) is 21.6 Å². The molecule has 6 nitrogen and oxygen atoms in total. The Hall–Kier alpha value is -3.43. The molecule has 0 saturated carbocycles. The third-order valence-electron chi connectivity index (χ3n) is 7.58. The molecule has 0 spiro atoms. The number of hydrogen-bond donors (Lipinski definition) is 1. The molecule has 1 heterocycles. The minimum atomic E-state index is -3.85. The largest absolute Gasteiger partial charge is 0.347 e. The number of thioether (sulfide) groups is 1. The van der Waals surface area contributed by atoms with Gasteiger partial charge in [0.05, 0.1) is 10.9 Å². The third-order valence-corrected chi connectivity index (χ3v) is 10.8. The summed E-state index contributed by atoms with van der Waals surface area (Å²) in [6, 6.07) is 36.8. The highest BCUT2D eigenvalue weighted by molar-refractivity contribution is 8.02. The molecule has 42 heavy (non-hydrogen) atoms. The first-order valence-corrected chi connectivity index (χ1v) is 16.8.